The molecule has 88 valence electrons. The molecule has 0 fully saturated rings. The molecule has 0 saturated carbocycles. The van der Waals surface area contributed by atoms with Gasteiger partial charge in [-0.2, -0.15) is 13.2 Å². The molecule has 1 aromatic heterocycles. The van der Waals surface area contributed by atoms with E-state index in [9.17, 15) is 22.4 Å². The molecule has 0 atom stereocenters. The van der Waals surface area contributed by atoms with Gasteiger partial charge in [-0.15, -0.1) is 0 Å². The zero-order chi connectivity index (χ0) is 12.3. The van der Waals surface area contributed by atoms with Crippen molar-refractivity contribution in [3.8, 4) is 0 Å². The molecule has 16 heavy (non-hydrogen) atoms. The monoisotopic (exact) mass is 237 g/mol. The first-order valence-corrected chi connectivity index (χ1v) is 4.26. The highest BCUT2D eigenvalue weighted by molar-refractivity contribution is 5.89. The van der Waals surface area contributed by atoms with Crippen molar-refractivity contribution in [1.29, 1.82) is 0 Å². The van der Waals surface area contributed by atoms with Gasteiger partial charge in [0.25, 0.3) is 0 Å². The molecular formula is C9H7F4NO2. The predicted molar refractivity (Wildman–Crippen MR) is 45.2 cm³/mol. The summed E-state index contributed by atoms with van der Waals surface area (Å²) in [6.45, 7) is 1.30. The van der Waals surface area contributed by atoms with Crippen molar-refractivity contribution in [2.45, 2.75) is 13.1 Å². The Kier molecular flexibility index (Phi) is 3.46. The average molecular weight is 237 g/mol. The summed E-state index contributed by atoms with van der Waals surface area (Å²) in [6, 6.07) is 0.533. The van der Waals surface area contributed by atoms with Crippen LogP contribution in [0.15, 0.2) is 12.3 Å². The van der Waals surface area contributed by atoms with Gasteiger partial charge in [-0.3, -0.25) is 0 Å². The van der Waals surface area contributed by atoms with Crippen LogP contribution >= 0.6 is 0 Å². The zero-order valence-electron chi connectivity index (χ0n) is 8.14. The lowest BCUT2D eigenvalue weighted by atomic mass is 10.1. The second-order valence-corrected chi connectivity index (χ2v) is 2.73. The Bertz CT molecular complexity index is 403. The van der Waals surface area contributed by atoms with E-state index in [-0.39, 0.29) is 6.61 Å². The first kappa shape index (κ1) is 12.4. The highest BCUT2D eigenvalue weighted by Crippen LogP contribution is 2.33. The van der Waals surface area contributed by atoms with Crippen molar-refractivity contribution in [1.82, 2.24) is 4.98 Å². The number of ether oxygens (including phenoxy) is 1. The smallest absolute Gasteiger partial charge is 0.421 e. The number of nitrogens with zero attached hydrogens (tertiary/aromatic N) is 1. The number of rotatable bonds is 2. The van der Waals surface area contributed by atoms with Crippen molar-refractivity contribution >= 4 is 5.97 Å². The molecule has 0 aliphatic carbocycles. The van der Waals surface area contributed by atoms with Crippen LogP contribution in [-0.4, -0.2) is 17.6 Å². The maximum Gasteiger partial charge on any atom is 0.421 e. The van der Waals surface area contributed by atoms with E-state index in [4.69, 9.17) is 0 Å². The topological polar surface area (TPSA) is 39.2 Å². The van der Waals surface area contributed by atoms with Crippen LogP contribution in [0.3, 0.4) is 0 Å². The fourth-order valence-corrected chi connectivity index (χ4v) is 1.06. The van der Waals surface area contributed by atoms with Crippen molar-refractivity contribution in [3.63, 3.8) is 0 Å². The van der Waals surface area contributed by atoms with E-state index >= 15 is 0 Å². The van der Waals surface area contributed by atoms with Gasteiger partial charge in [0.05, 0.1) is 6.61 Å². The predicted octanol–water partition coefficient (Wildman–Crippen LogP) is 2.42. The number of carbonyl (C=O) groups excluding carboxylic acids is 1. The van der Waals surface area contributed by atoms with E-state index in [1.807, 2.05) is 0 Å². The Morgan fingerprint density at radius 1 is 1.50 bits per heavy atom. The van der Waals surface area contributed by atoms with Gasteiger partial charge in [0.2, 0.25) is 0 Å². The maximum absolute atomic E-state index is 13.0. The standard InChI is InChI=1S/C9H7F4NO2/c1-2-16-8(15)7-6(9(11,12)13)5(10)3-4-14-7/h3-4H,2H2,1H3. The lowest BCUT2D eigenvalue weighted by Crippen LogP contribution is -2.18. The zero-order valence-corrected chi connectivity index (χ0v) is 8.14. The summed E-state index contributed by atoms with van der Waals surface area (Å²) in [5.74, 6) is -2.85. The first-order valence-electron chi connectivity index (χ1n) is 4.26. The van der Waals surface area contributed by atoms with Crippen molar-refractivity contribution in [2.24, 2.45) is 0 Å². The summed E-state index contributed by atoms with van der Waals surface area (Å²) in [5, 5.41) is 0. The summed E-state index contributed by atoms with van der Waals surface area (Å²) in [6.07, 6.45) is -4.21. The van der Waals surface area contributed by atoms with Gasteiger partial charge in [-0.25, -0.2) is 14.2 Å². The molecule has 0 bridgehead atoms. The van der Waals surface area contributed by atoms with Gasteiger partial charge >= 0.3 is 12.1 Å². The summed E-state index contributed by atoms with van der Waals surface area (Å²) < 4.78 is 54.6. The van der Waals surface area contributed by atoms with E-state index in [1.165, 1.54) is 6.92 Å². The minimum atomic E-state index is -4.99. The quantitative estimate of drug-likeness (QED) is 0.585. The molecule has 3 nitrogen and oxygen atoms in total. The fraction of sp³-hybridized carbons (Fsp3) is 0.333. The number of hydrogen-bond acceptors (Lipinski definition) is 3. The van der Waals surface area contributed by atoms with Crippen molar-refractivity contribution in [3.05, 3.63) is 29.3 Å². The van der Waals surface area contributed by atoms with Gasteiger partial charge in [-0.1, -0.05) is 0 Å². The number of pyridine rings is 1. The second kappa shape index (κ2) is 4.46. The molecule has 0 amide bonds. The Balaban J connectivity index is 3.29. The summed E-state index contributed by atoms with van der Waals surface area (Å²) in [4.78, 5) is 14.3. The minimum absolute atomic E-state index is 0.117. The van der Waals surface area contributed by atoms with Gasteiger partial charge in [0.1, 0.15) is 11.4 Å². The van der Waals surface area contributed by atoms with Crippen LogP contribution in [0, 0.1) is 5.82 Å². The Labute approximate surface area is 88.0 Å². The summed E-state index contributed by atoms with van der Waals surface area (Å²) in [7, 11) is 0. The Morgan fingerprint density at radius 3 is 2.62 bits per heavy atom. The number of aromatic nitrogens is 1. The van der Waals surface area contributed by atoms with E-state index in [2.05, 4.69) is 9.72 Å². The van der Waals surface area contributed by atoms with Crippen LogP contribution in [0.25, 0.3) is 0 Å². The van der Waals surface area contributed by atoms with Crippen LogP contribution in [0.5, 0.6) is 0 Å². The van der Waals surface area contributed by atoms with Crippen LogP contribution < -0.4 is 0 Å². The van der Waals surface area contributed by atoms with E-state index in [0.29, 0.717) is 6.07 Å². The van der Waals surface area contributed by atoms with E-state index < -0.39 is 29.2 Å². The molecule has 1 aromatic rings. The number of hydrogen-bond donors (Lipinski definition) is 0. The molecule has 0 saturated heterocycles. The second-order valence-electron chi connectivity index (χ2n) is 2.73. The summed E-state index contributed by atoms with van der Waals surface area (Å²) in [5.41, 5.74) is -2.76. The summed E-state index contributed by atoms with van der Waals surface area (Å²) >= 11 is 0. The molecule has 0 aromatic carbocycles. The third kappa shape index (κ3) is 2.47. The van der Waals surface area contributed by atoms with Crippen molar-refractivity contribution in [2.75, 3.05) is 6.61 Å². The van der Waals surface area contributed by atoms with Gasteiger partial charge < -0.3 is 4.74 Å². The third-order valence-corrected chi connectivity index (χ3v) is 1.65. The van der Waals surface area contributed by atoms with Crippen LogP contribution in [-0.2, 0) is 10.9 Å². The molecule has 0 unspecified atom stereocenters. The van der Waals surface area contributed by atoms with Crippen LogP contribution in [0.2, 0.25) is 0 Å². The minimum Gasteiger partial charge on any atom is -0.461 e. The van der Waals surface area contributed by atoms with Crippen LogP contribution in [0.1, 0.15) is 23.0 Å². The molecule has 0 spiro atoms. The van der Waals surface area contributed by atoms with Crippen LogP contribution in [0.4, 0.5) is 17.6 Å². The van der Waals surface area contributed by atoms with Gasteiger partial charge in [0, 0.05) is 6.20 Å². The third-order valence-electron chi connectivity index (χ3n) is 1.65. The average Bonchev–Trinajstić information content (AvgIpc) is 2.15. The Morgan fingerprint density at radius 2 is 2.12 bits per heavy atom. The molecule has 1 heterocycles. The molecule has 0 aliphatic rings. The number of carbonyl (C=O) groups is 1. The molecule has 7 heteroatoms. The van der Waals surface area contributed by atoms with E-state index in [1.54, 1.807) is 0 Å². The highest BCUT2D eigenvalue weighted by Gasteiger charge is 2.40. The number of alkyl halides is 3. The molecular weight excluding hydrogens is 230 g/mol. The van der Waals surface area contributed by atoms with E-state index in [0.717, 1.165) is 6.20 Å². The molecule has 0 aliphatic heterocycles. The Hall–Kier alpha value is -1.66. The SMILES string of the molecule is CCOC(=O)c1nccc(F)c1C(F)(F)F. The number of halogens is 4. The van der Waals surface area contributed by atoms with Gasteiger partial charge in [0.15, 0.2) is 5.69 Å². The normalized spacial score (nSPS) is 11.3. The molecule has 0 N–H and O–H groups in total. The van der Waals surface area contributed by atoms with Gasteiger partial charge in [-0.05, 0) is 13.0 Å². The maximum atomic E-state index is 13.0. The fourth-order valence-electron chi connectivity index (χ4n) is 1.06. The lowest BCUT2D eigenvalue weighted by Gasteiger charge is -2.11. The highest BCUT2D eigenvalue weighted by atomic mass is 19.4. The largest absolute Gasteiger partial charge is 0.461 e. The van der Waals surface area contributed by atoms with Crippen molar-refractivity contribution < 1.29 is 27.1 Å². The molecule has 0 radical (unpaired) electrons. The lowest BCUT2D eigenvalue weighted by molar-refractivity contribution is -0.140. The molecule has 1 rings (SSSR count). The first-order chi connectivity index (χ1) is 7.38. The number of esters is 1.